The second-order valence-corrected chi connectivity index (χ2v) is 9.84. The van der Waals surface area contributed by atoms with Crippen molar-refractivity contribution in [1.82, 2.24) is 20.6 Å². The van der Waals surface area contributed by atoms with Crippen molar-refractivity contribution >= 4 is 23.3 Å². The zero-order chi connectivity index (χ0) is 20.1. The van der Waals surface area contributed by atoms with Gasteiger partial charge in [-0.2, -0.15) is 0 Å². The molecule has 0 radical (unpaired) electrons. The molecule has 4 fully saturated rings. The summed E-state index contributed by atoms with van der Waals surface area (Å²) in [4.78, 5) is 33.7. The van der Waals surface area contributed by atoms with E-state index < -0.39 is 6.09 Å². The molecule has 4 saturated carbocycles. The molecule has 6 rings (SSSR count). The van der Waals surface area contributed by atoms with Gasteiger partial charge in [0.15, 0.2) is 5.01 Å². The Morgan fingerprint density at radius 3 is 2.52 bits per heavy atom. The lowest BCUT2D eigenvalue weighted by molar-refractivity contribution is -0.0449. The van der Waals surface area contributed by atoms with E-state index in [1.54, 1.807) is 12.3 Å². The number of rotatable bonds is 4. The average molecular weight is 413 g/mol. The fraction of sp³-hybridized carbons (Fsp3) is 0.524. The molecule has 152 valence electrons. The van der Waals surface area contributed by atoms with Crippen LogP contribution >= 0.6 is 11.3 Å². The molecule has 2 N–H and O–H groups in total. The fourth-order valence-electron chi connectivity index (χ4n) is 6.10. The summed E-state index contributed by atoms with van der Waals surface area (Å²) in [7, 11) is 0. The summed E-state index contributed by atoms with van der Waals surface area (Å²) >= 11 is 1.35. The van der Waals surface area contributed by atoms with Gasteiger partial charge in [0.1, 0.15) is 0 Å². The number of hydrogen-bond acceptors (Lipinski definition) is 6. The number of pyridine rings is 1. The zero-order valence-electron chi connectivity index (χ0n) is 16.3. The highest BCUT2D eigenvalue weighted by Crippen LogP contribution is 2.57. The Bertz CT molecular complexity index is 931. The lowest BCUT2D eigenvalue weighted by Gasteiger charge is -2.61. The molecule has 7 nitrogen and oxygen atoms in total. The van der Waals surface area contributed by atoms with Gasteiger partial charge in [0.05, 0.1) is 0 Å². The summed E-state index contributed by atoms with van der Waals surface area (Å²) in [6.45, 7) is 1.86. The number of nitrogens with one attached hydrogen (secondary N) is 2. The number of carbonyl (C=O) groups is 2. The number of hydrogen-bond donors (Lipinski definition) is 2. The van der Waals surface area contributed by atoms with Crippen molar-refractivity contribution in [2.24, 2.45) is 11.8 Å². The van der Waals surface area contributed by atoms with E-state index in [1.807, 2.05) is 24.4 Å². The number of thiazole rings is 1. The quantitative estimate of drug-likeness (QED) is 0.802. The van der Waals surface area contributed by atoms with E-state index in [0.717, 1.165) is 37.8 Å². The monoisotopic (exact) mass is 412 g/mol. The normalized spacial score (nSPS) is 32.0. The molecule has 0 aliphatic heterocycles. The van der Waals surface area contributed by atoms with Gasteiger partial charge in [0, 0.05) is 34.4 Å². The summed E-state index contributed by atoms with van der Waals surface area (Å²) in [6.07, 6.45) is 6.91. The Morgan fingerprint density at radius 1 is 1.14 bits per heavy atom. The van der Waals surface area contributed by atoms with Gasteiger partial charge >= 0.3 is 6.09 Å². The molecule has 0 aromatic carbocycles. The highest BCUT2D eigenvalue weighted by molar-refractivity contribution is 7.11. The SMILES string of the molecule is Cc1cccc(OC(=O)NC23CC4CC(C2)CC(NC(=O)c2nccs2)(C4)C3)n1. The van der Waals surface area contributed by atoms with Crippen LogP contribution in [0.1, 0.15) is 54.0 Å². The van der Waals surface area contributed by atoms with Crippen LogP contribution in [-0.2, 0) is 0 Å². The van der Waals surface area contributed by atoms with Crippen molar-refractivity contribution < 1.29 is 14.3 Å². The number of amides is 2. The van der Waals surface area contributed by atoms with E-state index in [0.29, 0.717) is 22.7 Å². The Labute approximate surface area is 173 Å². The maximum Gasteiger partial charge on any atom is 0.414 e. The minimum absolute atomic E-state index is 0.108. The molecule has 2 heterocycles. The Kier molecular flexibility index (Phi) is 4.34. The van der Waals surface area contributed by atoms with Crippen molar-refractivity contribution in [1.29, 1.82) is 0 Å². The molecule has 0 saturated heterocycles. The fourth-order valence-corrected chi connectivity index (χ4v) is 6.63. The molecule has 8 heteroatoms. The summed E-state index contributed by atoms with van der Waals surface area (Å²) < 4.78 is 5.45. The third-order valence-electron chi connectivity index (χ3n) is 6.49. The highest BCUT2D eigenvalue weighted by atomic mass is 32.1. The molecule has 29 heavy (non-hydrogen) atoms. The summed E-state index contributed by atoms with van der Waals surface area (Å²) in [5, 5.41) is 8.75. The first kappa shape index (κ1) is 18.5. The Hall–Kier alpha value is -2.48. The van der Waals surface area contributed by atoms with Gasteiger partial charge in [0.25, 0.3) is 5.91 Å². The molecule has 2 amide bonds. The first-order valence-corrected chi connectivity index (χ1v) is 11.0. The van der Waals surface area contributed by atoms with Crippen LogP contribution in [0.4, 0.5) is 4.79 Å². The molecule has 4 aliphatic rings. The van der Waals surface area contributed by atoms with Crippen molar-refractivity contribution in [3.05, 3.63) is 40.5 Å². The number of aryl methyl sites for hydroxylation is 1. The predicted octanol–water partition coefficient (Wildman–Crippen LogP) is 3.46. The summed E-state index contributed by atoms with van der Waals surface area (Å²) in [5.41, 5.74) is 0.192. The van der Waals surface area contributed by atoms with E-state index in [1.165, 1.54) is 17.8 Å². The maximum atomic E-state index is 12.7. The van der Waals surface area contributed by atoms with Crippen LogP contribution in [0, 0.1) is 18.8 Å². The van der Waals surface area contributed by atoms with Gasteiger partial charge in [-0.25, -0.2) is 14.8 Å². The third-order valence-corrected chi connectivity index (χ3v) is 7.27. The van der Waals surface area contributed by atoms with Crippen LogP contribution in [0.3, 0.4) is 0 Å². The molecular formula is C21H24N4O3S. The minimum atomic E-state index is -0.466. The molecule has 0 spiro atoms. The van der Waals surface area contributed by atoms with Gasteiger partial charge in [-0.05, 0) is 63.4 Å². The minimum Gasteiger partial charge on any atom is -0.391 e. The van der Waals surface area contributed by atoms with Crippen molar-refractivity contribution in [2.75, 3.05) is 0 Å². The van der Waals surface area contributed by atoms with E-state index in [9.17, 15) is 9.59 Å². The van der Waals surface area contributed by atoms with Gasteiger partial charge in [0.2, 0.25) is 5.88 Å². The van der Waals surface area contributed by atoms with Crippen LogP contribution in [0.25, 0.3) is 0 Å². The predicted molar refractivity (Wildman–Crippen MR) is 108 cm³/mol. The van der Waals surface area contributed by atoms with Crippen LogP contribution < -0.4 is 15.4 Å². The average Bonchev–Trinajstić information content (AvgIpc) is 3.14. The number of aromatic nitrogens is 2. The van der Waals surface area contributed by atoms with E-state index in [4.69, 9.17) is 4.74 Å². The molecule has 2 atom stereocenters. The molecule has 2 aromatic rings. The van der Waals surface area contributed by atoms with Crippen molar-refractivity contribution in [2.45, 2.75) is 56.5 Å². The lowest BCUT2D eigenvalue weighted by Crippen LogP contribution is -2.70. The second kappa shape index (κ2) is 6.79. The molecule has 2 unspecified atom stereocenters. The highest BCUT2D eigenvalue weighted by Gasteiger charge is 2.59. The van der Waals surface area contributed by atoms with Crippen molar-refractivity contribution in [3.63, 3.8) is 0 Å². The maximum absolute atomic E-state index is 12.7. The van der Waals surface area contributed by atoms with E-state index in [-0.39, 0.29) is 17.0 Å². The van der Waals surface area contributed by atoms with Gasteiger partial charge in [-0.3, -0.25) is 4.79 Å². The largest absolute Gasteiger partial charge is 0.414 e. The van der Waals surface area contributed by atoms with E-state index in [2.05, 4.69) is 20.6 Å². The number of nitrogens with zero attached hydrogens (tertiary/aromatic N) is 2. The summed E-state index contributed by atoms with van der Waals surface area (Å²) in [5.74, 6) is 1.21. The Balaban J connectivity index is 1.32. The van der Waals surface area contributed by atoms with Crippen LogP contribution in [-0.4, -0.2) is 33.0 Å². The van der Waals surface area contributed by atoms with Gasteiger partial charge in [-0.1, -0.05) is 6.07 Å². The van der Waals surface area contributed by atoms with Crippen LogP contribution in [0.15, 0.2) is 29.8 Å². The van der Waals surface area contributed by atoms with E-state index >= 15 is 0 Å². The number of carbonyl (C=O) groups excluding carboxylic acids is 2. The van der Waals surface area contributed by atoms with Gasteiger partial charge < -0.3 is 15.4 Å². The first-order chi connectivity index (χ1) is 13.9. The van der Waals surface area contributed by atoms with Crippen LogP contribution in [0.5, 0.6) is 5.88 Å². The first-order valence-electron chi connectivity index (χ1n) is 10.1. The van der Waals surface area contributed by atoms with Crippen LogP contribution in [0.2, 0.25) is 0 Å². The van der Waals surface area contributed by atoms with Gasteiger partial charge in [-0.15, -0.1) is 11.3 Å². The molecule has 2 aromatic heterocycles. The third kappa shape index (κ3) is 3.61. The zero-order valence-corrected chi connectivity index (χ0v) is 17.1. The Morgan fingerprint density at radius 2 is 1.86 bits per heavy atom. The second-order valence-electron chi connectivity index (χ2n) is 8.94. The standard InChI is InChI=1S/C21H24N4O3S/c1-13-3-2-4-16(23-13)28-19(27)25-21-10-14-7-15(11-21)9-20(8-14,12-21)24-17(26)18-22-5-6-29-18/h2-6,14-15H,7-12H2,1H3,(H,24,26)(H,25,27). The number of ether oxygens (including phenoxy) is 1. The molecule has 4 bridgehead atoms. The molecule has 4 aliphatic carbocycles. The molecular weight excluding hydrogens is 388 g/mol. The smallest absolute Gasteiger partial charge is 0.391 e. The summed E-state index contributed by atoms with van der Waals surface area (Å²) in [6, 6.07) is 5.36. The lowest BCUT2D eigenvalue weighted by atomic mass is 9.50. The van der Waals surface area contributed by atoms with Crippen molar-refractivity contribution in [3.8, 4) is 5.88 Å². The topological polar surface area (TPSA) is 93.2 Å².